The standard InChI is InChI=1S/C16H13N5O2S/c1-21(8-12-17-11-6-7-24-14(11)15(22)18-12)16(23)13-9-4-2-3-5-10(9)19-20-13/h2-7H,8H2,1H3,(H,19,20)(H,17,18,22). The van der Waals surface area contributed by atoms with Crippen molar-refractivity contribution >= 4 is 38.4 Å². The third kappa shape index (κ3) is 2.37. The molecule has 0 radical (unpaired) electrons. The fourth-order valence-corrected chi connectivity index (χ4v) is 3.33. The summed E-state index contributed by atoms with van der Waals surface area (Å²) in [7, 11) is 1.66. The van der Waals surface area contributed by atoms with Crippen LogP contribution in [-0.2, 0) is 6.54 Å². The summed E-state index contributed by atoms with van der Waals surface area (Å²) in [6.07, 6.45) is 0. The topological polar surface area (TPSA) is 94.7 Å². The van der Waals surface area contributed by atoms with Gasteiger partial charge < -0.3 is 9.88 Å². The Hall–Kier alpha value is -3.00. The van der Waals surface area contributed by atoms with Crippen LogP contribution in [-0.4, -0.2) is 38.0 Å². The number of fused-ring (bicyclic) bond motifs is 2. The number of hydrogen-bond acceptors (Lipinski definition) is 5. The van der Waals surface area contributed by atoms with Crippen LogP contribution >= 0.6 is 11.3 Å². The lowest BCUT2D eigenvalue weighted by Gasteiger charge is -2.15. The second kappa shape index (κ2) is 5.57. The molecule has 2 N–H and O–H groups in total. The number of hydrogen-bond donors (Lipinski definition) is 2. The summed E-state index contributed by atoms with van der Waals surface area (Å²) in [4.78, 5) is 33.3. The normalized spacial score (nSPS) is 11.2. The molecule has 120 valence electrons. The van der Waals surface area contributed by atoms with Gasteiger partial charge in [0.2, 0.25) is 0 Å². The number of aromatic amines is 2. The highest BCUT2D eigenvalue weighted by Gasteiger charge is 2.19. The van der Waals surface area contributed by atoms with E-state index in [1.165, 1.54) is 16.2 Å². The minimum absolute atomic E-state index is 0.184. The zero-order chi connectivity index (χ0) is 16.7. The third-order valence-electron chi connectivity index (χ3n) is 3.77. The van der Waals surface area contributed by atoms with Gasteiger partial charge in [0.1, 0.15) is 10.5 Å². The van der Waals surface area contributed by atoms with Crippen molar-refractivity contribution in [3.05, 3.63) is 57.6 Å². The van der Waals surface area contributed by atoms with Crippen molar-refractivity contribution < 1.29 is 4.79 Å². The summed E-state index contributed by atoms with van der Waals surface area (Å²) < 4.78 is 0.589. The smallest absolute Gasteiger partial charge is 0.275 e. The number of carbonyl (C=O) groups excluding carboxylic acids is 1. The second-order valence-corrected chi connectivity index (χ2v) is 6.34. The number of para-hydroxylation sites is 1. The lowest BCUT2D eigenvalue weighted by atomic mass is 10.2. The van der Waals surface area contributed by atoms with Gasteiger partial charge in [0.25, 0.3) is 11.5 Å². The molecule has 4 aromatic rings. The Morgan fingerprint density at radius 3 is 3.00 bits per heavy atom. The first-order valence-electron chi connectivity index (χ1n) is 7.28. The number of benzene rings is 1. The molecule has 0 aliphatic carbocycles. The Balaban J connectivity index is 1.64. The predicted octanol–water partition coefficient (Wildman–Crippen LogP) is 2.13. The Kier molecular flexibility index (Phi) is 3.39. The second-order valence-electron chi connectivity index (χ2n) is 5.43. The minimum Gasteiger partial charge on any atom is -0.333 e. The summed E-state index contributed by atoms with van der Waals surface area (Å²) in [6, 6.07) is 9.24. The van der Waals surface area contributed by atoms with Crippen LogP contribution in [0.2, 0.25) is 0 Å². The van der Waals surface area contributed by atoms with Gasteiger partial charge in [-0.25, -0.2) is 4.98 Å². The van der Waals surface area contributed by atoms with E-state index in [9.17, 15) is 9.59 Å². The molecule has 0 fully saturated rings. The molecule has 4 rings (SSSR count). The third-order valence-corrected chi connectivity index (χ3v) is 4.67. The molecule has 0 aliphatic heterocycles. The van der Waals surface area contributed by atoms with E-state index in [2.05, 4.69) is 20.2 Å². The maximum absolute atomic E-state index is 12.6. The average Bonchev–Trinajstić information content (AvgIpc) is 3.20. The maximum Gasteiger partial charge on any atom is 0.275 e. The number of thiophene rings is 1. The molecule has 24 heavy (non-hydrogen) atoms. The van der Waals surface area contributed by atoms with E-state index in [4.69, 9.17) is 0 Å². The van der Waals surface area contributed by atoms with Crippen LogP contribution in [0.25, 0.3) is 21.1 Å². The highest BCUT2D eigenvalue weighted by atomic mass is 32.1. The first-order chi connectivity index (χ1) is 11.6. The first kappa shape index (κ1) is 14.6. The van der Waals surface area contributed by atoms with Crippen molar-refractivity contribution in [2.24, 2.45) is 0 Å². The Morgan fingerprint density at radius 1 is 1.29 bits per heavy atom. The molecule has 1 aromatic carbocycles. The van der Waals surface area contributed by atoms with Crippen LogP contribution in [0.4, 0.5) is 0 Å². The van der Waals surface area contributed by atoms with Gasteiger partial charge in [-0.2, -0.15) is 5.10 Å². The van der Waals surface area contributed by atoms with E-state index in [0.717, 1.165) is 10.9 Å². The van der Waals surface area contributed by atoms with E-state index in [1.54, 1.807) is 13.1 Å². The zero-order valence-corrected chi connectivity index (χ0v) is 13.6. The van der Waals surface area contributed by atoms with E-state index in [1.807, 2.05) is 29.6 Å². The Morgan fingerprint density at radius 2 is 2.12 bits per heavy atom. The van der Waals surface area contributed by atoms with Gasteiger partial charge in [0, 0.05) is 12.4 Å². The van der Waals surface area contributed by atoms with Gasteiger partial charge in [-0.05, 0) is 17.5 Å². The summed E-state index contributed by atoms with van der Waals surface area (Å²) in [5, 5.41) is 9.55. The van der Waals surface area contributed by atoms with Gasteiger partial charge in [-0.1, -0.05) is 18.2 Å². The molecular weight excluding hydrogens is 326 g/mol. The van der Waals surface area contributed by atoms with Crippen LogP contribution in [0.5, 0.6) is 0 Å². The molecule has 7 nitrogen and oxygen atoms in total. The number of aromatic nitrogens is 4. The van der Waals surface area contributed by atoms with Crippen molar-refractivity contribution in [2.45, 2.75) is 6.54 Å². The molecular formula is C16H13N5O2S. The van der Waals surface area contributed by atoms with Crippen molar-refractivity contribution in [3.63, 3.8) is 0 Å². The number of amides is 1. The SMILES string of the molecule is CN(Cc1nc2ccsc2c(=O)[nH]1)C(=O)c1n[nH]c2ccccc12. The molecule has 0 aliphatic rings. The van der Waals surface area contributed by atoms with Gasteiger partial charge in [0.05, 0.1) is 17.6 Å². The fourth-order valence-electron chi connectivity index (χ4n) is 2.60. The molecule has 0 saturated carbocycles. The van der Waals surface area contributed by atoms with Crippen LogP contribution < -0.4 is 5.56 Å². The van der Waals surface area contributed by atoms with E-state index in [0.29, 0.717) is 21.7 Å². The molecule has 0 unspecified atom stereocenters. The van der Waals surface area contributed by atoms with Crippen molar-refractivity contribution in [1.82, 2.24) is 25.1 Å². The fraction of sp³-hybridized carbons (Fsp3) is 0.125. The summed E-state index contributed by atoms with van der Waals surface area (Å²) in [5.41, 5.74) is 1.62. The van der Waals surface area contributed by atoms with Gasteiger partial charge in [0.15, 0.2) is 5.69 Å². The van der Waals surface area contributed by atoms with E-state index >= 15 is 0 Å². The summed E-state index contributed by atoms with van der Waals surface area (Å²) in [6.45, 7) is 0.195. The van der Waals surface area contributed by atoms with Crippen molar-refractivity contribution in [2.75, 3.05) is 7.05 Å². The van der Waals surface area contributed by atoms with E-state index in [-0.39, 0.29) is 18.0 Å². The highest BCUT2D eigenvalue weighted by molar-refractivity contribution is 7.17. The van der Waals surface area contributed by atoms with Crippen LogP contribution in [0.15, 0.2) is 40.5 Å². The number of carbonyl (C=O) groups is 1. The Bertz CT molecular complexity index is 1110. The molecule has 8 heteroatoms. The highest BCUT2D eigenvalue weighted by Crippen LogP contribution is 2.18. The largest absolute Gasteiger partial charge is 0.333 e. The van der Waals surface area contributed by atoms with Crippen molar-refractivity contribution in [3.8, 4) is 0 Å². The van der Waals surface area contributed by atoms with Crippen LogP contribution in [0.1, 0.15) is 16.3 Å². The van der Waals surface area contributed by atoms with Crippen LogP contribution in [0.3, 0.4) is 0 Å². The molecule has 0 saturated heterocycles. The molecule has 0 spiro atoms. The number of rotatable bonds is 3. The maximum atomic E-state index is 12.6. The molecule has 3 heterocycles. The Labute approximate surface area is 140 Å². The molecule has 0 bridgehead atoms. The lowest BCUT2D eigenvalue weighted by molar-refractivity contribution is 0.0777. The number of nitrogens with one attached hydrogen (secondary N) is 2. The molecule has 3 aromatic heterocycles. The van der Waals surface area contributed by atoms with E-state index < -0.39 is 0 Å². The summed E-state index contributed by atoms with van der Waals surface area (Å²) in [5.74, 6) is 0.210. The zero-order valence-electron chi connectivity index (χ0n) is 12.7. The quantitative estimate of drug-likeness (QED) is 0.598. The predicted molar refractivity (Wildman–Crippen MR) is 92.1 cm³/mol. The number of H-pyrrole nitrogens is 2. The lowest BCUT2D eigenvalue weighted by Crippen LogP contribution is -2.28. The summed E-state index contributed by atoms with van der Waals surface area (Å²) >= 11 is 1.35. The average molecular weight is 339 g/mol. The minimum atomic E-state index is -0.236. The van der Waals surface area contributed by atoms with Crippen LogP contribution in [0, 0.1) is 0 Å². The van der Waals surface area contributed by atoms with Gasteiger partial charge in [-0.3, -0.25) is 14.7 Å². The first-order valence-corrected chi connectivity index (χ1v) is 8.16. The van der Waals surface area contributed by atoms with Crippen molar-refractivity contribution in [1.29, 1.82) is 0 Å². The van der Waals surface area contributed by atoms with Gasteiger partial charge in [-0.15, -0.1) is 11.3 Å². The molecule has 1 amide bonds. The number of nitrogens with zero attached hydrogens (tertiary/aromatic N) is 3. The molecule has 0 atom stereocenters. The monoisotopic (exact) mass is 339 g/mol. The van der Waals surface area contributed by atoms with Gasteiger partial charge >= 0.3 is 0 Å².